The summed E-state index contributed by atoms with van der Waals surface area (Å²) in [6.45, 7) is 7.31. The Balaban J connectivity index is 1.66. The highest BCUT2D eigenvalue weighted by atomic mass is 32.2. The van der Waals surface area contributed by atoms with Gasteiger partial charge in [-0.1, -0.05) is 38.1 Å². The molecule has 6 nitrogen and oxygen atoms in total. The Morgan fingerprint density at radius 2 is 1.87 bits per heavy atom. The van der Waals surface area contributed by atoms with Crippen LogP contribution >= 0.6 is 0 Å². The van der Waals surface area contributed by atoms with Gasteiger partial charge in [0.2, 0.25) is 10.0 Å². The molecule has 1 amide bonds. The van der Waals surface area contributed by atoms with Gasteiger partial charge in [0, 0.05) is 60.3 Å². The molecule has 0 unspecified atom stereocenters. The lowest BCUT2D eigenvalue weighted by atomic mass is 10.0. The molecule has 0 radical (unpaired) electrons. The highest BCUT2D eigenvalue weighted by molar-refractivity contribution is 7.89. The normalized spacial score (nSPS) is 14.3. The average molecular weight is 426 g/mol. The van der Waals surface area contributed by atoms with Crippen LogP contribution in [0.15, 0.2) is 47.4 Å². The molecule has 0 aliphatic carbocycles. The Labute approximate surface area is 177 Å². The third kappa shape index (κ3) is 3.42. The second-order valence-corrected chi connectivity index (χ2v) is 9.58. The molecule has 7 heteroatoms. The summed E-state index contributed by atoms with van der Waals surface area (Å²) in [6.07, 6.45) is 0.756. The highest BCUT2D eigenvalue weighted by Gasteiger charge is 2.28. The van der Waals surface area contributed by atoms with Crippen molar-refractivity contribution in [1.82, 2.24) is 14.2 Å². The lowest BCUT2D eigenvalue weighted by molar-refractivity contribution is 0.0735. The molecular weight excluding hydrogens is 398 g/mol. The first-order valence-corrected chi connectivity index (χ1v) is 11.8. The van der Waals surface area contributed by atoms with E-state index >= 15 is 0 Å². The lowest BCUT2D eigenvalue weighted by Gasteiger charge is -2.28. The number of hydrogen-bond donors (Lipinski definition) is 1. The van der Waals surface area contributed by atoms with E-state index < -0.39 is 10.0 Å². The predicted molar refractivity (Wildman–Crippen MR) is 118 cm³/mol. The number of H-pyrrole nitrogens is 1. The van der Waals surface area contributed by atoms with Crippen LogP contribution < -0.4 is 0 Å². The molecule has 2 heterocycles. The van der Waals surface area contributed by atoms with Gasteiger partial charge in [-0.25, -0.2) is 8.42 Å². The minimum Gasteiger partial charge on any atom is -0.358 e. The first kappa shape index (κ1) is 20.6. The molecule has 0 saturated carbocycles. The molecule has 2 aromatic carbocycles. The van der Waals surface area contributed by atoms with Crippen molar-refractivity contribution >= 4 is 26.8 Å². The van der Waals surface area contributed by atoms with Gasteiger partial charge in [-0.05, 0) is 30.7 Å². The molecule has 1 aromatic heterocycles. The number of carbonyl (C=O) groups excluding carboxylic acids is 1. The fraction of sp³-hybridized carbons (Fsp3) is 0.348. The molecule has 3 aromatic rings. The van der Waals surface area contributed by atoms with Gasteiger partial charge < -0.3 is 9.88 Å². The Morgan fingerprint density at radius 3 is 2.60 bits per heavy atom. The number of para-hydroxylation sites is 1. The van der Waals surface area contributed by atoms with Crippen molar-refractivity contribution in [2.45, 2.75) is 38.6 Å². The van der Waals surface area contributed by atoms with E-state index in [9.17, 15) is 13.2 Å². The van der Waals surface area contributed by atoms with Gasteiger partial charge in [0.15, 0.2) is 0 Å². The summed E-state index contributed by atoms with van der Waals surface area (Å²) in [5.74, 6) is -0.137. The molecule has 0 atom stereocenters. The maximum Gasteiger partial charge on any atom is 0.254 e. The molecule has 30 heavy (non-hydrogen) atoms. The van der Waals surface area contributed by atoms with Crippen LogP contribution in [0.4, 0.5) is 0 Å². The Hall–Kier alpha value is -2.64. The van der Waals surface area contributed by atoms with Crippen LogP contribution in [0.25, 0.3) is 10.9 Å². The summed E-state index contributed by atoms with van der Waals surface area (Å²) < 4.78 is 27.5. The molecule has 0 spiro atoms. The summed E-state index contributed by atoms with van der Waals surface area (Å²) in [7, 11) is -3.63. The highest BCUT2D eigenvalue weighted by Crippen LogP contribution is 2.29. The van der Waals surface area contributed by atoms with Gasteiger partial charge in [-0.2, -0.15) is 4.31 Å². The average Bonchev–Trinajstić information content (AvgIpc) is 3.12. The van der Waals surface area contributed by atoms with Crippen LogP contribution in [0.1, 0.15) is 41.0 Å². The van der Waals surface area contributed by atoms with Crippen LogP contribution in [-0.4, -0.2) is 48.1 Å². The molecule has 0 fully saturated rings. The topological polar surface area (TPSA) is 73.5 Å². The number of aromatic nitrogens is 1. The van der Waals surface area contributed by atoms with Gasteiger partial charge in [0.05, 0.1) is 4.90 Å². The summed E-state index contributed by atoms with van der Waals surface area (Å²) in [4.78, 5) is 18.7. The number of sulfonamides is 1. The molecule has 1 aliphatic heterocycles. The van der Waals surface area contributed by atoms with E-state index in [0.29, 0.717) is 37.3 Å². The predicted octanol–water partition coefficient (Wildman–Crippen LogP) is 3.71. The minimum absolute atomic E-state index is 0.137. The van der Waals surface area contributed by atoms with Gasteiger partial charge in [0.1, 0.15) is 0 Å². The number of aryl methyl sites for hydroxylation is 1. The smallest absolute Gasteiger partial charge is 0.254 e. The number of hydrogen-bond acceptors (Lipinski definition) is 3. The number of nitrogens with zero attached hydrogens (tertiary/aromatic N) is 2. The molecule has 158 valence electrons. The monoisotopic (exact) mass is 425 g/mol. The third-order valence-corrected chi connectivity index (χ3v) is 8.12. The van der Waals surface area contributed by atoms with Crippen molar-refractivity contribution < 1.29 is 13.2 Å². The SMILES string of the molecule is CCN(CC)S(=O)(=O)c1cc(C(=O)N2CCc3[nH]c4ccccc4c3C2)ccc1C. The number of aromatic amines is 1. The van der Waals surface area contributed by atoms with E-state index in [1.54, 1.807) is 24.0 Å². The fourth-order valence-electron chi connectivity index (χ4n) is 4.24. The Bertz CT molecular complexity index is 1210. The molecule has 4 rings (SSSR count). The van der Waals surface area contributed by atoms with Crippen molar-refractivity contribution in [3.05, 3.63) is 64.8 Å². The zero-order chi connectivity index (χ0) is 21.5. The second kappa shape index (κ2) is 7.89. The number of nitrogens with one attached hydrogen (secondary N) is 1. The number of carbonyl (C=O) groups is 1. The van der Waals surface area contributed by atoms with Crippen molar-refractivity contribution in [3.8, 4) is 0 Å². The van der Waals surface area contributed by atoms with Crippen molar-refractivity contribution in [1.29, 1.82) is 0 Å². The number of rotatable bonds is 5. The van der Waals surface area contributed by atoms with Crippen molar-refractivity contribution in [2.75, 3.05) is 19.6 Å². The standard InChI is InChI=1S/C23H27N3O3S/c1-4-26(5-2)30(28,29)22-14-17(11-10-16(22)3)23(27)25-13-12-21-19(15-25)18-8-6-7-9-20(18)24-21/h6-11,14,24H,4-5,12-13,15H2,1-3H3. The maximum atomic E-state index is 13.3. The molecule has 0 saturated heterocycles. The van der Waals surface area contributed by atoms with Crippen LogP contribution in [0.3, 0.4) is 0 Å². The lowest BCUT2D eigenvalue weighted by Crippen LogP contribution is -2.36. The van der Waals surface area contributed by atoms with Crippen LogP contribution in [0.5, 0.6) is 0 Å². The van der Waals surface area contributed by atoms with E-state index in [0.717, 1.165) is 22.9 Å². The summed E-state index contributed by atoms with van der Waals surface area (Å²) >= 11 is 0. The maximum absolute atomic E-state index is 13.3. The van der Waals surface area contributed by atoms with Gasteiger partial charge >= 0.3 is 0 Å². The fourth-order valence-corrected chi connectivity index (χ4v) is 5.94. The third-order valence-electron chi connectivity index (χ3n) is 5.93. The van der Waals surface area contributed by atoms with Crippen LogP contribution in [0, 0.1) is 6.92 Å². The molecule has 1 N–H and O–H groups in total. The van der Waals surface area contributed by atoms with Crippen LogP contribution in [-0.2, 0) is 23.0 Å². The Morgan fingerprint density at radius 1 is 1.13 bits per heavy atom. The van der Waals surface area contributed by atoms with E-state index in [-0.39, 0.29) is 10.8 Å². The number of fused-ring (bicyclic) bond motifs is 3. The van der Waals surface area contributed by atoms with E-state index in [2.05, 4.69) is 11.1 Å². The second-order valence-electron chi connectivity index (χ2n) is 7.67. The summed E-state index contributed by atoms with van der Waals surface area (Å²) in [5, 5.41) is 1.14. The summed E-state index contributed by atoms with van der Waals surface area (Å²) in [5.41, 5.74) is 4.47. The first-order chi connectivity index (χ1) is 14.4. The van der Waals surface area contributed by atoms with Gasteiger partial charge in [-0.15, -0.1) is 0 Å². The minimum atomic E-state index is -3.63. The van der Waals surface area contributed by atoms with E-state index in [1.165, 1.54) is 16.1 Å². The van der Waals surface area contributed by atoms with E-state index in [1.807, 2.05) is 32.0 Å². The zero-order valence-electron chi connectivity index (χ0n) is 17.6. The Kier molecular flexibility index (Phi) is 5.42. The molecule has 0 bridgehead atoms. The van der Waals surface area contributed by atoms with Crippen molar-refractivity contribution in [2.24, 2.45) is 0 Å². The van der Waals surface area contributed by atoms with E-state index in [4.69, 9.17) is 0 Å². The number of benzene rings is 2. The van der Waals surface area contributed by atoms with Gasteiger partial charge in [0.25, 0.3) is 5.91 Å². The number of amides is 1. The zero-order valence-corrected chi connectivity index (χ0v) is 18.4. The quantitative estimate of drug-likeness (QED) is 0.677. The molecule has 1 aliphatic rings. The van der Waals surface area contributed by atoms with Crippen molar-refractivity contribution in [3.63, 3.8) is 0 Å². The van der Waals surface area contributed by atoms with Gasteiger partial charge in [-0.3, -0.25) is 4.79 Å². The first-order valence-electron chi connectivity index (χ1n) is 10.3. The summed E-state index contributed by atoms with van der Waals surface area (Å²) in [6, 6.07) is 13.1. The van der Waals surface area contributed by atoms with Crippen LogP contribution in [0.2, 0.25) is 0 Å². The largest absolute Gasteiger partial charge is 0.358 e. The molecular formula is C23H27N3O3S.